The van der Waals surface area contributed by atoms with E-state index in [0.717, 1.165) is 12.1 Å². The number of aromatic carboxylic acids is 1. The van der Waals surface area contributed by atoms with Crippen LogP contribution in [0.25, 0.3) is 0 Å². The molecule has 1 rings (SSSR count). The zero-order chi connectivity index (χ0) is 14.8. The summed E-state index contributed by atoms with van der Waals surface area (Å²) in [5.74, 6) is -2.43. The molecule has 0 atom stereocenters. The highest BCUT2D eigenvalue weighted by Crippen LogP contribution is 2.16. The lowest BCUT2D eigenvalue weighted by molar-refractivity contribution is 0.0692. The predicted octanol–water partition coefficient (Wildman–Crippen LogP) is 1.57. The van der Waals surface area contributed by atoms with Gasteiger partial charge in [0, 0.05) is 5.54 Å². The Bertz CT molecular complexity index is 593. The van der Waals surface area contributed by atoms with E-state index in [9.17, 15) is 17.6 Å². The Morgan fingerprint density at radius 1 is 1.32 bits per heavy atom. The molecule has 0 aliphatic carbocycles. The molecule has 0 spiro atoms. The largest absolute Gasteiger partial charge is 0.478 e. The van der Waals surface area contributed by atoms with Crippen molar-refractivity contribution in [3.63, 3.8) is 0 Å². The summed E-state index contributed by atoms with van der Waals surface area (Å²) in [5.41, 5.74) is -1.27. The van der Waals surface area contributed by atoms with Crippen molar-refractivity contribution < 1.29 is 22.7 Å². The van der Waals surface area contributed by atoms with Crippen LogP contribution < -0.4 is 9.44 Å². The van der Waals surface area contributed by atoms with Crippen LogP contribution in [0, 0.1) is 5.82 Å². The van der Waals surface area contributed by atoms with E-state index in [1.165, 1.54) is 6.07 Å². The van der Waals surface area contributed by atoms with Crippen LogP contribution in [0.4, 0.5) is 10.1 Å². The minimum Gasteiger partial charge on any atom is -0.478 e. The van der Waals surface area contributed by atoms with Crippen LogP contribution in [0.2, 0.25) is 0 Å². The number of carboxylic acid groups (broad SMARTS) is 1. The monoisotopic (exact) mass is 290 g/mol. The van der Waals surface area contributed by atoms with E-state index in [4.69, 9.17) is 5.11 Å². The van der Waals surface area contributed by atoms with Crippen LogP contribution in [0.1, 0.15) is 31.1 Å². The molecule has 8 heteroatoms. The Labute approximate surface area is 110 Å². The molecule has 106 valence electrons. The lowest BCUT2D eigenvalue weighted by atomic mass is 10.1. The van der Waals surface area contributed by atoms with Gasteiger partial charge in [0.1, 0.15) is 5.82 Å². The Balaban J connectivity index is 2.95. The van der Waals surface area contributed by atoms with E-state index in [1.807, 2.05) is 0 Å². The van der Waals surface area contributed by atoms with Crippen molar-refractivity contribution in [2.24, 2.45) is 0 Å². The van der Waals surface area contributed by atoms with Gasteiger partial charge in [-0.1, -0.05) is 0 Å². The van der Waals surface area contributed by atoms with Crippen molar-refractivity contribution in [1.29, 1.82) is 0 Å². The third-order valence-electron chi connectivity index (χ3n) is 1.89. The smallest absolute Gasteiger partial charge is 0.338 e. The molecule has 0 heterocycles. The third kappa shape index (κ3) is 4.84. The lowest BCUT2D eigenvalue weighted by Gasteiger charge is -2.20. The minimum absolute atomic E-state index is 0.0562. The highest BCUT2D eigenvalue weighted by molar-refractivity contribution is 7.90. The van der Waals surface area contributed by atoms with Crippen molar-refractivity contribution in [2.75, 3.05) is 4.72 Å². The lowest BCUT2D eigenvalue weighted by Crippen LogP contribution is -2.43. The van der Waals surface area contributed by atoms with E-state index in [-0.39, 0.29) is 5.69 Å². The van der Waals surface area contributed by atoms with Crippen LogP contribution in [0.3, 0.4) is 0 Å². The topological polar surface area (TPSA) is 95.5 Å². The first-order valence-electron chi connectivity index (χ1n) is 5.35. The standard InChI is InChI=1S/C11H15FN2O4S/c1-11(2,3)14-19(17,18)13-7-4-5-8(10(15)16)9(12)6-7/h4-6,13-14H,1-3H3,(H,15,16). The van der Waals surface area contributed by atoms with Gasteiger partial charge in [0.15, 0.2) is 0 Å². The summed E-state index contributed by atoms with van der Waals surface area (Å²) in [6, 6.07) is 2.98. The van der Waals surface area contributed by atoms with Crippen molar-refractivity contribution >= 4 is 21.9 Å². The molecular formula is C11H15FN2O4S. The second-order valence-corrected chi connectivity index (χ2v) is 6.37. The second-order valence-electron chi connectivity index (χ2n) is 4.96. The van der Waals surface area contributed by atoms with E-state index < -0.39 is 33.1 Å². The third-order valence-corrected chi connectivity index (χ3v) is 3.28. The molecule has 6 nitrogen and oxygen atoms in total. The molecule has 0 aliphatic rings. The number of benzene rings is 1. The first kappa shape index (κ1) is 15.4. The molecule has 0 saturated heterocycles. The number of carboxylic acids is 1. The van der Waals surface area contributed by atoms with Gasteiger partial charge in [0.25, 0.3) is 10.2 Å². The molecule has 0 aromatic heterocycles. The van der Waals surface area contributed by atoms with Gasteiger partial charge < -0.3 is 5.11 Å². The van der Waals surface area contributed by atoms with Gasteiger partial charge in [0.05, 0.1) is 11.3 Å². The molecule has 1 aromatic rings. The fourth-order valence-corrected chi connectivity index (χ4v) is 2.63. The Hall–Kier alpha value is -1.67. The summed E-state index contributed by atoms with van der Waals surface area (Å²) >= 11 is 0. The summed E-state index contributed by atoms with van der Waals surface area (Å²) in [6.45, 7) is 4.96. The number of nitrogens with one attached hydrogen (secondary N) is 2. The molecule has 0 fully saturated rings. The van der Waals surface area contributed by atoms with Crippen molar-refractivity contribution in [3.05, 3.63) is 29.6 Å². The Kier molecular flexibility index (Phi) is 4.16. The zero-order valence-electron chi connectivity index (χ0n) is 10.7. The number of rotatable bonds is 4. The molecule has 0 saturated carbocycles. The fourth-order valence-electron chi connectivity index (χ4n) is 1.34. The summed E-state index contributed by atoms with van der Waals surface area (Å²) in [4.78, 5) is 10.6. The number of anilines is 1. The zero-order valence-corrected chi connectivity index (χ0v) is 11.5. The normalized spacial score (nSPS) is 12.2. The number of hydrogen-bond donors (Lipinski definition) is 3. The quantitative estimate of drug-likeness (QED) is 0.784. The summed E-state index contributed by atoms with van der Waals surface area (Å²) < 4.78 is 41.2. The van der Waals surface area contributed by atoms with E-state index in [0.29, 0.717) is 0 Å². The average Bonchev–Trinajstić information content (AvgIpc) is 2.11. The SMILES string of the molecule is CC(C)(C)NS(=O)(=O)Nc1ccc(C(=O)O)c(F)c1. The van der Waals surface area contributed by atoms with Crippen molar-refractivity contribution in [1.82, 2.24) is 4.72 Å². The average molecular weight is 290 g/mol. The molecule has 0 radical (unpaired) electrons. The van der Waals surface area contributed by atoms with Gasteiger partial charge in [-0.2, -0.15) is 13.1 Å². The van der Waals surface area contributed by atoms with Crippen LogP contribution >= 0.6 is 0 Å². The molecule has 0 aliphatic heterocycles. The van der Waals surface area contributed by atoms with Crippen molar-refractivity contribution in [2.45, 2.75) is 26.3 Å². The minimum atomic E-state index is -3.86. The van der Waals surface area contributed by atoms with Gasteiger partial charge in [-0.3, -0.25) is 4.72 Å². The first-order valence-corrected chi connectivity index (χ1v) is 6.83. The maximum atomic E-state index is 13.4. The number of halogens is 1. The molecular weight excluding hydrogens is 275 g/mol. The Morgan fingerprint density at radius 3 is 2.32 bits per heavy atom. The number of hydrogen-bond acceptors (Lipinski definition) is 3. The molecule has 1 aromatic carbocycles. The fraction of sp³-hybridized carbons (Fsp3) is 0.364. The predicted molar refractivity (Wildman–Crippen MR) is 68.8 cm³/mol. The van der Waals surface area contributed by atoms with E-state index in [1.54, 1.807) is 20.8 Å². The van der Waals surface area contributed by atoms with Gasteiger partial charge in [-0.25, -0.2) is 9.18 Å². The molecule has 0 amide bonds. The first-order chi connectivity index (χ1) is 8.50. The van der Waals surface area contributed by atoms with Crippen LogP contribution in [-0.4, -0.2) is 25.0 Å². The second kappa shape index (κ2) is 5.14. The molecule has 0 unspecified atom stereocenters. The highest BCUT2D eigenvalue weighted by atomic mass is 32.2. The van der Waals surface area contributed by atoms with E-state index >= 15 is 0 Å². The van der Waals surface area contributed by atoms with Crippen LogP contribution in [0.15, 0.2) is 18.2 Å². The van der Waals surface area contributed by atoms with Crippen LogP contribution in [-0.2, 0) is 10.2 Å². The molecule has 0 bridgehead atoms. The van der Waals surface area contributed by atoms with E-state index in [2.05, 4.69) is 9.44 Å². The van der Waals surface area contributed by atoms with Gasteiger partial charge in [0.2, 0.25) is 0 Å². The van der Waals surface area contributed by atoms with Crippen LogP contribution in [0.5, 0.6) is 0 Å². The molecule has 3 N–H and O–H groups in total. The maximum absolute atomic E-state index is 13.4. The molecule has 19 heavy (non-hydrogen) atoms. The van der Waals surface area contributed by atoms with Crippen molar-refractivity contribution in [3.8, 4) is 0 Å². The highest BCUT2D eigenvalue weighted by Gasteiger charge is 2.20. The Morgan fingerprint density at radius 2 is 1.89 bits per heavy atom. The van der Waals surface area contributed by atoms with Gasteiger partial charge in [-0.15, -0.1) is 0 Å². The van der Waals surface area contributed by atoms with Gasteiger partial charge in [-0.05, 0) is 39.0 Å². The number of carbonyl (C=O) groups is 1. The summed E-state index contributed by atoms with van der Waals surface area (Å²) in [5, 5.41) is 8.65. The maximum Gasteiger partial charge on any atom is 0.338 e. The summed E-state index contributed by atoms with van der Waals surface area (Å²) in [6.07, 6.45) is 0. The van der Waals surface area contributed by atoms with Gasteiger partial charge >= 0.3 is 5.97 Å². The summed E-state index contributed by atoms with van der Waals surface area (Å²) in [7, 11) is -3.86.